The van der Waals surface area contributed by atoms with E-state index in [4.69, 9.17) is 16.3 Å². The third kappa shape index (κ3) is 3.71. The summed E-state index contributed by atoms with van der Waals surface area (Å²) in [4.78, 5) is 15.3. The Kier molecular flexibility index (Phi) is 4.61. The molecule has 0 amide bonds. The highest BCUT2D eigenvalue weighted by atomic mass is 35.5. The maximum atomic E-state index is 13.6. The van der Waals surface area contributed by atoms with E-state index in [9.17, 15) is 13.6 Å². The third-order valence-electron chi connectivity index (χ3n) is 2.76. The normalized spacial score (nSPS) is 11.1. The minimum atomic E-state index is -3.18. The molecular weight excluding hydrogens is 316 g/mol. The van der Waals surface area contributed by atoms with Crippen LogP contribution >= 0.6 is 11.6 Å². The van der Waals surface area contributed by atoms with E-state index < -0.39 is 17.5 Å². The van der Waals surface area contributed by atoms with Gasteiger partial charge in [0, 0.05) is 11.9 Å². The number of benzene rings is 1. The molecule has 2 rings (SSSR count). The van der Waals surface area contributed by atoms with Crippen LogP contribution in [0.4, 0.5) is 8.78 Å². The second-order valence-electron chi connectivity index (χ2n) is 4.49. The minimum absolute atomic E-state index is 0.125. The molecule has 1 heterocycles. The van der Waals surface area contributed by atoms with Crippen LogP contribution in [-0.4, -0.2) is 18.1 Å². The number of pyridine rings is 1. The van der Waals surface area contributed by atoms with Crippen LogP contribution < -0.4 is 4.74 Å². The van der Waals surface area contributed by atoms with Gasteiger partial charge < -0.3 is 9.47 Å². The standard InChI is InChI=1S/C15H12ClF2NO3/c1-15(17,18)11-7-8-12(14(20)21-2)19-13(11)22-10-5-3-9(16)4-6-10/h3-8H,1-2H3. The summed E-state index contributed by atoms with van der Waals surface area (Å²) in [6.07, 6.45) is 0. The topological polar surface area (TPSA) is 48.4 Å². The molecule has 0 unspecified atom stereocenters. The summed E-state index contributed by atoms with van der Waals surface area (Å²) < 4.78 is 37.2. The van der Waals surface area contributed by atoms with Crippen molar-refractivity contribution in [3.63, 3.8) is 0 Å². The highest BCUT2D eigenvalue weighted by Crippen LogP contribution is 2.35. The number of hydrogen-bond acceptors (Lipinski definition) is 4. The Balaban J connectivity index is 2.45. The van der Waals surface area contributed by atoms with Gasteiger partial charge in [-0.05, 0) is 36.4 Å². The molecule has 0 aliphatic rings. The number of carbonyl (C=O) groups excluding carboxylic acids is 1. The smallest absolute Gasteiger partial charge is 0.356 e. The average molecular weight is 328 g/mol. The summed E-state index contributed by atoms with van der Waals surface area (Å²) in [5.41, 5.74) is -0.561. The van der Waals surface area contributed by atoms with Crippen molar-refractivity contribution in [1.82, 2.24) is 4.98 Å². The maximum Gasteiger partial charge on any atom is 0.356 e. The molecule has 1 aromatic carbocycles. The van der Waals surface area contributed by atoms with Crippen molar-refractivity contribution in [2.24, 2.45) is 0 Å². The molecule has 4 nitrogen and oxygen atoms in total. The number of nitrogens with zero attached hydrogens (tertiary/aromatic N) is 1. The van der Waals surface area contributed by atoms with Gasteiger partial charge in [0.05, 0.1) is 12.7 Å². The number of alkyl halides is 2. The molecule has 0 fully saturated rings. The van der Waals surface area contributed by atoms with Crippen molar-refractivity contribution in [2.75, 3.05) is 7.11 Å². The number of methoxy groups -OCH3 is 1. The van der Waals surface area contributed by atoms with E-state index >= 15 is 0 Å². The van der Waals surface area contributed by atoms with Gasteiger partial charge >= 0.3 is 5.97 Å². The molecule has 0 spiro atoms. The lowest BCUT2D eigenvalue weighted by molar-refractivity contribution is 0.0147. The van der Waals surface area contributed by atoms with Crippen LogP contribution in [0.2, 0.25) is 5.02 Å². The average Bonchev–Trinajstić information content (AvgIpc) is 2.47. The number of aromatic nitrogens is 1. The van der Waals surface area contributed by atoms with E-state index in [1.54, 1.807) is 12.1 Å². The van der Waals surface area contributed by atoms with E-state index in [0.29, 0.717) is 5.02 Å². The van der Waals surface area contributed by atoms with Crippen molar-refractivity contribution in [3.8, 4) is 11.6 Å². The van der Waals surface area contributed by atoms with Gasteiger partial charge in [-0.1, -0.05) is 11.6 Å². The molecule has 116 valence electrons. The van der Waals surface area contributed by atoms with Gasteiger partial charge in [0.25, 0.3) is 5.92 Å². The molecule has 0 N–H and O–H groups in total. The van der Waals surface area contributed by atoms with Gasteiger partial charge in [-0.3, -0.25) is 0 Å². The Hall–Kier alpha value is -2.21. The van der Waals surface area contributed by atoms with Gasteiger partial charge in [0.2, 0.25) is 5.88 Å². The van der Waals surface area contributed by atoms with Crippen LogP contribution in [0, 0.1) is 0 Å². The van der Waals surface area contributed by atoms with Crippen molar-refractivity contribution in [3.05, 3.63) is 52.7 Å². The van der Waals surface area contributed by atoms with Crippen LogP contribution in [-0.2, 0) is 10.7 Å². The minimum Gasteiger partial charge on any atom is -0.464 e. The summed E-state index contributed by atoms with van der Waals surface area (Å²) in [5.74, 6) is -4.02. The van der Waals surface area contributed by atoms with Gasteiger partial charge in [-0.15, -0.1) is 0 Å². The monoisotopic (exact) mass is 327 g/mol. The Bertz CT molecular complexity index is 684. The first kappa shape index (κ1) is 16.2. The fourth-order valence-corrected chi connectivity index (χ4v) is 1.81. The van der Waals surface area contributed by atoms with E-state index in [2.05, 4.69) is 9.72 Å². The number of carbonyl (C=O) groups is 1. The highest BCUT2D eigenvalue weighted by molar-refractivity contribution is 6.30. The van der Waals surface area contributed by atoms with E-state index in [0.717, 1.165) is 19.1 Å². The summed E-state index contributed by atoms with van der Waals surface area (Å²) in [5, 5.41) is 0.477. The van der Waals surface area contributed by atoms with Crippen LogP contribution in [0.3, 0.4) is 0 Å². The molecule has 1 aromatic heterocycles. The molecule has 0 aliphatic heterocycles. The zero-order chi connectivity index (χ0) is 16.3. The SMILES string of the molecule is COC(=O)c1ccc(C(C)(F)F)c(Oc2ccc(Cl)cc2)n1. The molecule has 0 saturated heterocycles. The first-order valence-corrected chi connectivity index (χ1v) is 6.60. The Morgan fingerprint density at radius 2 is 1.82 bits per heavy atom. The lowest BCUT2D eigenvalue weighted by Gasteiger charge is -2.16. The molecule has 22 heavy (non-hydrogen) atoms. The zero-order valence-electron chi connectivity index (χ0n) is 11.8. The number of ether oxygens (including phenoxy) is 2. The fraction of sp³-hybridized carbons (Fsp3) is 0.200. The lowest BCUT2D eigenvalue weighted by Crippen LogP contribution is -2.13. The molecule has 0 saturated carbocycles. The second-order valence-corrected chi connectivity index (χ2v) is 4.92. The number of hydrogen-bond donors (Lipinski definition) is 0. The van der Waals surface area contributed by atoms with Crippen molar-refractivity contribution in [2.45, 2.75) is 12.8 Å². The van der Waals surface area contributed by atoms with Gasteiger partial charge in [0.15, 0.2) is 5.69 Å². The quantitative estimate of drug-likeness (QED) is 0.780. The first-order valence-electron chi connectivity index (χ1n) is 6.22. The van der Waals surface area contributed by atoms with Crippen LogP contribution in [0.25, 0.3) is 0 Å². The lowest BCUT2D eigenvalue weighted by atomic mass is 10.1. The Labute approximate surface area is 130 Å². The summed E-state index contributed by atoms with van der Waals surface area (Å²) in [6.45, 7) is 0.719. The van der Waals surface area contributed by atoms with Gasteiger partial charge in [0.1, 0.15) is 5.75 Å². The predicted molar refractivity (Wildman–Crippen MR) is 76.7 cm³/mol. The number of halogens is 3. The molecule has 0 aliphatic carbocycles. The maximum absolute atomic E-state index is 13.6. The Morgan fingerprint density at radius 3 is 2.36 bits per heavy atom. The summed E-state index contributed by atoms with van der Waals surface area (Å²) in [7, 11) is 1.17. The van der Waals surface area contributed by atoms with Crippen molar-refractivity contribution in [1.29, 1.82) is 0 Å². The fourth-order valence-electron chi connectivity index (χ4n) is 1.68. The van der Waals surface area contributed by atoms with Crippen molar-refractivity contribution < 1.29 is 23.0 Å². The van der Waals surface area contributed by atoms with Gasteiger partial charge in [-0.25, -0.2) is 18.6 Å². The summed E-state index contributed by atoms with van der Waals surface area (Å²) in [6, 6.07) is 8.35. The molecule has 7 heteroatoms. The molecular formula is C15H12ClF2NO3. The van der Waals surface area contributed by atoms with E-state index in [1.807, 2.05) is 0 Å². The second kappa shape index (κ2) is 6.27. The van der Waals surface area contributed by atoms with Crippen molar-refractivity contribution >= 4 is 17.6 Å². The zero-order valence-corrected chi connectivity index (χ0v) is 12.5. The van der Waals surface area contributed by atoms with Crippen LogP contribution in [0.15, 0.2) is 36.4 Å². The number of esters is 1. The van der Waals surface area contributed by atoms with Gasteiger partial charge in [-0.2, -0.15) is 0 Å². The van der Waals surface area contributed by atoms with E-state index in [-0.39, 0.29) is 17.3 Å². The summed E-state index contributed by atoms with van der Waals surface area (Å²) >= 11 is 5.75. The molecule has 2 aromatic rings. The molecule has 0 atom stereocenters. The van der Waals surface area contributed by atoms with Crippen LogP contribution in [0.5, 0.6) is 11.6 Å². The highest BCUT2D eigenvalue weighted by Gasteiger charge is 2.31. The van der Waals surface area contributed by atoms with Crippen LogP contribution in [0.1, 0.15) is 23.0 Å². The largest absolute Gasteiger partial charge is 0.464 e. The third-order valence-corrected chi connectivity index (χ3v) is 3.01. The molecule has 0 bridgehead atoms. The number of rotatable bonds is 4. The first-order chi connectivity index (χ1) is 10.3. The molecule has 0 radical (unpaired) electrons. The van der Waals surface area contributed by atoms with E-state index in [1.165, 1.54) is 19.2 Å². The predicted octanol–water partition coefficient (Wildman–Crippen LogP) is 4.43. The Morgan fingerprint density at radius 1 is 1.18 bits per heavy atom.